The van der Waals surface area contributed by atoms with Gasteiger partial charge in [0.2, 0.25) is 0 Å². The molecule has 2 aliphatic rings. The fraction of sp³-hybridized carbons (Fsp3) is 0.400. The fourth-order valence-corrected chi connectivity index (χ4v) is 4.45. The molecule has 6 heteroatoms. The lowest BCUT2D eigenvalue weighted by atomic mass is 10.1. The Kier molecular flexibility index (Phi) is 5.66. The number of fused-ring (bicyclic) bond motifs is 2. The van der Waals surface area contributed by atoms with Gasteiger partial charge in [-0.05, 0) is 49.7 Å². The van der Waals surface area contributed by atoms with Crippen LogP contribution >= 0.6 is 0 Å². The number of anilines is 1. The van der Waals surface area contributed by atoms with Crippen LogP contribution in [0.15, 0.2) is 42.7 Å². The van der Waals surface area contributed by atoms with Crippen molar-refractivity contribution >= 4 is 23.0 Å². The third-order valence-electron chi connectivity index (χ3n) is 6.17. The average Bonchev–Trinajstić information content (AvgIpc) is 3.21. The number of imidazole rings is 1. The van der Waals surface area contributed by atoms with E-state index in [1.54, 1.807) is 0 Å². The first-order valence-electron chi connectivity index (χ1n) is 11.2. The van der Waals surface area contributed by atoms with Gasteiger partial charge in [0, 0.05) is 61.5 Å². The molecule has 6 nitrogen and oxygen atoms in total. The van der Waals surface area contributed by atoms with Crippen molar-refractivity contribution in [3.63, 3.8) is 0 Å². The first-order chi connectivity index (χ1) is 15.2. The Bertz CT molecular complexity index is 1100. The first kappa shape index (κ1) is 20.1. The van der Waals surface area contributed by atoms with Gasteiger partial charge in [0.05, 0.1) is 12.3 Å². The van der Waals surface area contributed by atoms with Crippen molar-refractivity contribution in [2.45, 2.75) is 20.3 Å². The molecule has 3 aromatic rings. The average molecular weight is 419 g/mol. The second-order valence-corrected chi connectivity index (χ2v) is 8.38. The van der Waals surface area contributed by atoms with Crippen LogP contribution in [0.25, 0.3) is 17.3 Å². The molecule has 0 spiro atoms. The van der Waals surface area contributed by atoms with Crippen LogP contribution in [0.1, 0.15) is 30.2 Å². The van der Waals surface area contributed by atoms with Crippen molar-refractivity contribution in [2.75, 3.05) is 51.0 Å². The maximum atomic E-state index is 5.95. The maximum absolute atomic E-state index is 5.95. The Balaban J connectivity index is 1.42. The minimum absolute atomic E-state index is 0.241. The van der Waals surface area contributed by atoms with Crippen molar-refractivity contribution < 1.29 is 9.47 Å². The highest BCUT2D eigenvalue weighted by Gasteiger charge is 2.19. The number of aromatic nitrogens is 2. The molecule has 2 aromatic heterocycles. The minimum Gasteiger partial charge on any atom is -0.467 e. The highest BCUT2D eigenvalue weighted by molar-refractivity contribution is 5.84. The predicted octanol–water partition coefficient (Wildman–Crippen LogP) is 4.08. The lowest BCUT2D eigenvalue weighted by molar-refractivity contribution is 0.0324. The summed E-state index contributed by atoms with van der Waals surface area (Å²) in [6.45, 7) is 10.6. The number of ether oxygens (including phenoxy) is 2. The fourth-order valence-electron chi connectivity index (χ4n) is 4.45. The van der Waals surface area contributed by atoms with Crippen LogP contribution < -0.4 is 9.64 Å². The summed E-state index contributed by atoms with van der Waals surface area (Å²) in [6.07, 6.45) is 7.47. The molecular formula is C25H30N4O2. The molecule has 0 unspecified atom stereocenters. The van der Waals surface area contributed by atoms with Crippen LogP contribution in [-0.2, 0) is 4.74 Å². The molecule has 2 aliphatic heterocycles. The number of benzene rings is 1. The zero-order chi connectivity index (χ0) is 21.2. The lowest BCUT2D eigenvalue weighted by Crippen LogP contribution is -2.46. The van der Waals surface area contributed by atoms with Crippen LogP contribution in [0.5, 0.6) is 5.75 Å². The summed E-state index contributed by atoms with van der Waals surface area (Å²) in [4.78, 5) is 9.85. The van der Waals surface area contributed by atoms with Gasteiger partial charge in [-0.1, -0.05) is 13.0 Å². The van der Waals surface area contributed by atoms with Crippen LogP contribution in [0, 0.1) is 6.92 Å². The van der Waals surface area contributed by atoms with E-state index in [9.17, 15) is 0 Å². The van der Waals surface area contributed by atoms with Crippen LogP contribution in [-0.4, -0.2) is 60.4 Å². The van der Waals surface area contributed by atoms with E-state index in [-0.39, 0.29) is 6.79 Å². The highest BCUT2D eigenvalue weighted by atomic mass is 16.7. The summed E-state index contributed by atoms with van der Waals surface area (Å²) >= 11 is 0. The molecule has 31 heavy (non-hydrogen) atoms. The number of hydrogen-bond acceptors (Lipinski definition) is 5. The lowest BCUT2D eigenvalue weighted by Gasteiger charge is -2.36. The third-order valence-corrected chi connectivity index (χ3v) is 6.17. The molecule has 5 rings (SSSR count). The van der Waals surface area contributed by atoms with Gasteiger partial charge >= 0.3 is 0 Å². The smallest absolute Gasteiger partial charge is 0.189 e. The topological polar surface area (TPSA) is 42.2 Å². The van der Waals surface area contributed by atoms with E-state index in [1.165, 1.54) is 18.7 Å². The third kappa shape index (κ3) is 4.18. The van der Waals surface area contributed by atoms with Crippen molar-refractivity contribution in [2.24, 2.45) is 0 Å². The molecule has 0 aliphatic carbocycles. The summed E-state index contributed by atoms with van der Waals surface area (Å²) in [7, 11) is 0. The van der Waals surface area contributed by atoms with E-state index in [2.05, 4.69) is 64.6 Å². The Morgan fingerprint density at radius 2 is 1.97 bits per heavy atom. The zero-order valence-corrected chi connectivity index (χ0v) is 18.4. The molecule has 1 aromatic carbocycles. The van der Waals surface area contributed by atoms with Gasteiger partial charge in [0.25, 0.3) is 0 Å². The molecule has 0 bridgehead atoms. The number of nitrogens with zero attached hydrogens (tertiary/aromatic N) is 4. The van der Waals surface area contributed by atoms with Gasteiger partial charge in [-0.15, -0.1) is 0 Å². The van der Waals surface area contributed by atoms with Crippen molar-refractivity contribution in [3.05, 3.63) is 59.5 Å². The summed E-state index contributed by atoms with van der Waals surface area (Å²) in [6, 6.07) is 10.7. The second kappa shape index (κ2) is 8.73. The summed E-state index contributed by atoms with van der Waals surface area (Å²) in [5.74, 6) is 0.866. The van der Waals surface area contributed by atoms with Crippen molar-refractivity contribution in [3.8, 4) is 5.75 Å². The SMILES string of the molecule is CCCN1CCN(c2ccc3c(c2)OCOCC(c2cn4cccc(C)c4n2)=C3)CC1. The number of piperazine rings is 1. The molecule has 1 saturated heterocycles. The second-order valence-electron chi connectivity index (χ2n) is 8.38. The van der Waals surface area contributed by atoms with Crippen molar-refractivity contribution in [1.29, 1.82) is 0 Å². The largest absolute Gasteiger partial charge is 0.467 e. The molecule has 0 atom stereocenters. The quantitative estimate of drug-likeness (QED) is 0.639. The molecule has 162 valence electrons. The molecule has 1 fully saturated rings. The van der Waals surface area contributed by atoms with Gasteiger partial charge in [-0.3, -0.25) is 4.90 Å². The predicted molar refractivity (Wildman–Crippen MR) is 125 cm³/mol. The monoisotopic (exact) mass is 418 g/mol. The number of aryl methyl sites for hydroxylation is 1. The Morgan fingerprint density at radius 1 is 1.10 bits per heavy atom. The normalized spacial score (nSPS) is 17.6. The van der Waals surface area contributed by atoms with E-state index in [0.29, 0.717) is 6.61 Å². The van der Waals surface area contributed by atoms with Gasteiger partial charge in [0.15, 0.2) is 6.79 Å². The van der Waals surface area contributed by atoms with Gasteiger partial charge in [0.1, 0.15) is 11.4 Å². The van der Waals surface area contributed by atoms with E-state index in [0.717, 1.165) is 60.0 Å². The van der Waals surface area contributed by atoms with E-state index >= 15 is 0 Å². The van der Waals surface area contributed by atoms with E-state index < -0.39 is 0 Å². The highest BCUT2D eigenvalue weighted by Crippen LogP contribution is 2.31. The van der Waals surface area contributed by atoms with E-state index in [1.807, 2.05) is 12.3 Å². The first-order valence-corrected chi connectivity index (χ1v) is 11.2. The Hall–Kier alpha value is -2.83. The number of pyridine rings is 1. The summed E-state index contributed by atoms with van der Waals surface area (Å²) in [5.41, 5.74) is 6.43. The minimum atomic E-state index is 0.241. The van der Waals surface area contributed by atoms with Gasteiger partial charge < -0.3 is 18.8 Å². The standard InChI is InChI=1S/C25H30N4O2/c1-3-8-27-10-12-28(13-11-27)22-7-6-20-14-21(17-30-18-31-24(20)15-22)23-16-29-9-4-5-19(2)25(29)26-23/h4-7,9,14-16H,3,8,10-13,17-18H2,1-2H3. The Labute approximate surface area is 183 Å². The zero-order valence-electron chi connectivity index (χ0n) is 18.4. The maximum Gasteiger partial charge on any atom is 0.189 e. The van der Waals surface area contributed by atoms with Crippen LogP contribution in [0.3, 0.4) is 0 Å². The molecular weight excluding hydrogens is 388 g/mol. The van der Waals surface area contributed by atoms with E-state index in [4.69, 9.17) is 14.5 Å². The summed E-state index contributed by atoms with van der Waals surface area (Å²) in [5, 5.41) is 0. The summed E-state index contributed by atoms with van der Waals surface area (Å²) < 4.78 is 13.8. The molecule has 4 heterocycles. The van der Waals surface area contributed by atoms with Gasteiger partial charge in [-0.2, -0.15) is 0 Å². The van der Waals surface area contributed by atoms with Crippen LogP contribution in [0.4, 0.5) is 5.69 Å². The molecule has 0 N–H and O–H groups in total. The number of rotatable bonds is 4. The number of hydrogen-bond donors (Lipinski definition) is 0. The van der Waals surface area contributed by atoms with Crippen molar-refractivity contribution in [1.82, 2.24) is 14.3 Å². The van der Waals surface area contributed by atoms with Crippen LogP contribution in [0.2, 0.25) is 0 Å². The molecule has 0 radical (unpaired) electrons. The molecule has 0 saturated carbocycles. The Morgan fingerprint density at radius 3 is 2.77 bits per heavy atom. The van der Waals surface area contributed by atoms with Gasteiger partial charge in [-0.25, -0.2) is 4.98 Å². The molecule has 0 amide bonds.